The van der Waals surface area contributed by atoms with Crippen molar-refractivity contribution >= 4 is 17.7 Å². The standard InChI is InChI=1S/C24H28O5/c1-4-28-23(26)22(24(27)29-5-2)20(15-18-13-11-17(3)12-14-18)16-21(25)19-9-7-6-8-10-19/h6-14,20,22H,4-5,15-16H2,1-3H3/t20-/m1/s1. The molecule has 0 N–H and O–H groups in total. The third-order valence-electron chi connectivity index (χ3n) is 4.71. The Kier molecular flexibility index (Phi) is 8.59. The number of hydrogen-bond donors (Lipinski definition) is 0. The van der Waals surface area contributed by atoms with Gasteiger partial charge in [-0.25, -0.2) is 0 Å². The Morgan fingerprint density at radius 2 is 1.38 bits per heavy atom. The van der Waals surface area contributed by atoms with E-state index in [0.717, 1.165) is 11.1 Å². The second-order valence-corrected chi connectivity index (χ2v) is 6.92. The third-order valence-corrected chi connectivity index (χ3v) is 4.71. The number of Topliss-reactive ketones (excluding diaryl/α,β-unsaturated/α-hetero) is 1. The van der Waals surface area contributed by atoms with Gasteiger partial charge in [-0.2, -0.15) is 0 Å². The number of benzene rings is 2. The SMILES string of the molecule is CCOC(=O)C(C(=O)OCC)[C@@H](CC(=O)c1ccccc1)Cc1ccc(C)cc1. The smallest absolute Gasteiger partial charge is 0.320 e. The Morgan fingerprint density at radius 1 is 0.828 bits per heavy atom. The number of ether oxygens (including phenoxy) is 2. The average Bonchev–Trinajstić information content (AvgIpc) is 2.71. The lowest BCUT2D eigenvalue weighted by Gasteiger charge is -2.24. The lowest BCUT2D eigenvalue weighted by atomic mass is 9.82. The van der Waals surface area contributed by atoms with Crippen molar-refractivity contribution in [2.24, 2.45) is 11.8 Å². The number of carbonyl (C=O) groups excluding carboxylic acids is 3. The van der Waals surface area contributed by atoms with Crippen molar-refractivity contribution < 1.29 is 23.9 Å². The fourth-order valence-corrected chi connectivity index (χ4v) is 3.26. The summed E-state index contributed by atoms with van der Waals surface area (Å²) >= 11 is 0. The van der Waals surface area contributed by atoms with Crippen LogP contribution in [0, 0.1) is 18.8 Å². The summed E-state index contributed by atoms with van der Waals surface area (Å²) < 4.78 is 10.3. The second kappa shape index (κ2) is 11.1. The van der Waals surface area contributed by atoms with Gasteiger partial charge in [0.25, 0.3) is 0 Å². The van der Waals surface area contributed by atoms with Crippen LogP contribution < -0.4 is 0 Å². The molecule has 0 aliphatic heterocycles. The van der Waals surface area contributed by atoms with Crippen molar-refractivity contribution in [2.45, 2.75) is 33.6 Å². The summed E-state index contributed by atoms with van der Waals surface area (Å²) in [7, 11) is 0. The van der Waals surface area contributed by atoms with Crippen LogP contribution in [0.15, 0.2) is 54.6 Å². The van der Waals surface area contributed by atoms with E-state index >= 15 is 0 Å². The molecular weight excluding hydrogens is 368 g/mol. The quantitative estimate of drug-likeness (QED) is 0.342. The minimum absolute atomic E-state index is 0.0419. The van der Waals surface area contributed by atoms with Crippen LogP contribution in [0.1, 0.15) is 41.8 Å². The third kappa shape index (κ3) is 6.56. The summed E-state index contributed by atoms with van der Waals surface area (Å²) in [5.74, 6) is -3.14. The lowest BCUT2D eigenvalue weighted by Crippen LogP contribution is -2.36. The van der Waals surface area contributed by atoms with Crippen molar-refractivity contribution in [2.75, 3.05) is 13.2 Å². The van der Waals surface area contributed by atoms with Crippen LogP contribution in [0.2, 0.25) is 0 Å². The molecule has 0 amide bonds. The highest BCUT2D eigenvalue weighted by Gasteiger charge is 2.38. The van der Waals surface area contributed by atoms with E-state index in [1.807, 2.05) is 37.3 Å². The largest absolute Gasteiger partial charge is 0.465 e. The van der Waals surface area contributed by atoms with E-state index in [4.69, 9.17) is 9.47 Å². The Balaban J connectivity index is 2.35. The molecule has 29 heavy (non-hydrogen) atoms. The summed E-state index contributed by atoms with van der Waals surface area (Å²) in [4.78, 5) is 38.1. The van der Waals surface area contributed by atoms with Gasteiger partial charge in [0, 0.05) is 12.0 Å². The van der Waals surface area contributed by atoms with Crippen molar-refractivity contribution in [1.29, 1.82) is 0 Å². The molecule has 0 unspecified atom stereocenters. The van der Waals surface area contributed by atoms with E-state index in [9.17, 15) is 14.4 Å². The first-order valence-corrected chi connectivity index (χ1v) is 9.93. The predicted octanol–water partition coefficient (Wildman–Crippen LogP) is 4.17. The minimum atomic E-state index is -1.15. The number of ketones is 1. The van der Waals surface area contributed by atoms with E-state index in [1.165, 1.54) is 0 Å². The van der Waals surface area contributed by atoms with E-state index in [2.05, 4.69) is 0 Å². The molecule has 0 radical (unpaired) electrons. The summed E-state index contributed by atoms with van der Waals surface area (Å²) in [6, 6.07) is 16.7. The van der Waals surface area contributed by atoms with Crippen LogP contribution in [-0.4, -0.2) is 30.9 Å². The Labute approximate surface area is 172 Å². The van der Waals surface area contributed by atoms with E-state index < -0.39 is 23.8 Å². The Hall–Kier alpha value is -2.95. The first-order chi connectivity index (χ1) is 14.0. The van der Waals surface area contributed by atoms with Crippen LogP contribution in [0.4, 0.5) is 0 Å². The molecule has 2 rings (SSSR count). The highest BCUT2D eigenvalue weighted by Crippen LogP contribution is 2.26. The monoisotopic (exact) mass is 396 g/mol. The summed E-state index contributed by atoms with van der Waals surface area (Å²) in [6.07, 6.45) is 0.432. The van der Waals surface area contributed by atoms with Gasteiger partial charge in [0.05, 0.1) is 13.2 Å². The minimum Gasteiger partial charge on any atom is -0.465 e. The molecule has 0 heterocycles. The molecule has 0 aliphatic rings. The number of aryl methyl sites for hydroxylation is 1. The van der Waals surface area contributed by atoms with Crippen molar-refractivity contribution in [3.63, 3.8) is 0 Å². The molecule has 154 valence electrons. The molecule has 5 nitrogen and oxygen atoms in total. The van der Waals surface area contributed by atoms with Gasteiger partial charge in [0.15, 0.2) is 11.7 Å². The number of carbonyl (C=O) groups is 3. The van der Waals surface area contributed by atoms with Gasteiger partial charge in [-0.15, -0.1) is 0 Å². The average molecular weight is 396 g/mol. The fraction of sp³-hybridized carbons (Fsp3) is 0.375. The highest BCUT2D eigenvalue weighted by molar-refractivity contribution is 5.99. The zero-order valence-electron chi connectivity index (χ0n) is 17.2. The van der Waals surface area contributed by atoms with Crippen molar-refractivity contribution in [3.8, 4) is 0 Å². The number of esters is 2. The van der Waals surface area contributed by atoms with Gasteiger partial charge in [0.1, 0.15) is 0 Å². The zero-order valence-corrected chi connectivity index (χ0v) is 17.2. The van der Waals surface area contributed by atoms with Gasteiger partial charge < -0.3 is 9.47 Å². The van der Waals surface area contributed by atoms with Gasteiger partial charge in [-0.3, -0.25) is 14.4 Å². The van der Waals surface area contributed by atoms with E-state index in [0.29, 0.717) is 12.0 Å². The molecule has 2 aromatic rings. The summed E-state index contributed by atoms with van der Waals surface area (Å²) in [5.41, 5.74) is 2.60. The maximum Gasteiger partial charge on any atom is 0.320 e. The van der Waals surface area contributed by atoms with Gasteiger partial charge in [0.2, 0.25) is 0 Å². The van der Waals surface area contributed by atoms with Gasteiger partial charge in [-0.1, -0.05) is 60.2 Å². The first kappa shape index (κ1) is 22.3. The number of rotatable bonds is 10. The topological polar surface area (TPSA) is 69.7 Å². The molecule has 0 bridgehead atoms. The Bertz CT molecular complexity index is 793. The first-order valence-electron chi connectivity index (χ1n) is 9.93. The second-order valence-electron chi connectivity index (χ2n) is 6.92. The van der Waals surface area contributed by atoms with Crippen LogP contribution in [0.3, 0.4) is 0 Å². The lowest BCUT2D eigenvalue weighted by molar-refractivity contribution is -0.164. The maximum atomic E-state index is 12.9. The van der Waals surface area contributed by atoms with Crippen molar-refractivity contribution in [3.05, 3.63) is 71.3 Å². The van der Waals surface area contributed by atoms with Crippen LogP contribution in [0.5, 0.6) is 0 Å². The van der Waals surface area contributed by atoms with E-state index in [-0.39, 0.29) is 25.4 Å². The normalized spacial score (nSPS) is 11.7. The molecule has 0 saturated carbocycles. The van der Waals surface area contributed by atoms with Gasteiger partial charge >= 0.3 is 11.9 Å². The molecular formula is C24H28O5. The molecule has 0 aromatic heterocycles. The van der Waals surface area contributed by atoms with E-state index in [1.54, 1.807) is 38.1 Å². The number of hydrogen-bond acceptors (Lipinski definition) is 5. The summed E-state index contributed by atoms with van der Waals surface area (Å²) in [6.45, 7) is 5.66. The molecule has 5 heteroatoms. The highest BCUT2D eigenvalue weighted by atomic mass is 16.6. The van der Waals surface area contributed by atoms with Crippen LogP contribution in [0.25, 0.3) is 0 Å². The molecule has 1 atom stereocenters. The molecule has 0 saturated heterocycles. The molecule has 0 fully saturated rings. The Morgan fingerprint density at radius 3 is 1.90 bits per heavy atom. The summed E-state index contributed by atoms with van der Waals surface area (Å²) in [5, 5.41) is 0. The van der Waals surface area contributed by atoms with Crippen LogP contribution >= 0.6 is 0 Å². The maximum absolute atomic E-state index is 12.9. The zero-order chi connectivity index (χ0) is 21.2. The van der Waals surface area contributed by atoms with Crippen molar-refractivity contribution in [1.82, 2.24) is 0 Å². The predicted molar refractivity (Wildman–Crippen MR) is 111 cm³/mol. The molecule has 0 aliphatic carbocycles. The molecule has 0 spiro atoms. The van der Waals surface area contributed by atoms with Crippen LogP contribution in [-0.2, 0) is 25.5 Å². The molecule has 2 aromatic carbocycles. The fourth-order valence-electron chi connectivity index (χ4n) is 3.26. The van der Waals surface area contributed by atoms with Gasteiger partial charge in [-0.05, 0) is 38.7 Å².